The fourth-order valence-corrected chi connectivity index (χ4v) is 1.93. The van der Waals surface area contributed by atoms with Crippen molar-refractivity contribution in [3.8, 4) is 0 Å². The van der Waals surface area contributed by atoms with Crippen LogP contribution in [-0.4, -0.2) is 17.3 Å². The molecule has 1 heterocycles. The first-order chi connectivity index (χ1) is 7.34. The molecule has 1 aromatic rings. The average Bonchev–Trinajstić information content (AvgIpc) is 2.30. The van der Waals surface area contributed by atoms with E-state index in [2.05, 4.69) is 10.3 Å². The molecule has 80 valence electrons. The second-order valence-corrected chi connectivity index (χ2v) is 4.10. The van der Waals surface area contributed by atoms with Gasteiger partial charge in [-0.05, 0) is 30.9 Å². The third kappa shape index (κ3) is 3.05. The van der Waals surface area contributed by atoms with E-state index in [9.17, 15) is 4.79 Å². The number of anilines is 1. The van der Waals surface area contributed by atoms with E-state index < -0.39 is 0 Å². The summed E-state index contributed by atoms with van der Waals surface area (Å²) in [4.78, 5) is 15.1. The van der Waals surface area contributed by atoms with Crippen molar-refractivity contribution >= 4 is 11.5 Å². The van der Waals surface area contributed by atoms with Crippen molar-refractivity contribution in [2.24, 2.45) is 5.92 Å². The van der Waals surface area contributed by atoms with Gasteiger partial charge >= 0.3 is 0 Å². The van der Waals surface area contributed by atoms with Crippen molar-refractivity contribution in [2.45, 2.75) is 25.7 Å². The van der Waals surface area contributed by atoms with Crippen LogP contribution >= 0.6 is 0 Å². The van der Waals surface area contributed by atoms with E-state index in [4.69, 9.17) is 0 Å². The van der Waals surface area contributed by atoms with Gasteiger partial charge in [0.2, 0.25) is 0 Å². The van der Waals surface area contributed by atoms with Gasteiger partial charge in [0, 0.05) is 31.8 Å². The predicted octanol–water partition coefficient (Wildman–Crippen LogP) is 2.25. The maximum absolute atomic E-state index is 11.1. The third-order valence-corrected chi connectivity index (χ3v) is 2.92. The van der Waals surface area contributed by atoms with Crippen LogP contribution in [0.2, 0.25) is 0 Å². The molecule has 0 aliphatic heterocycles. The standard InChI is InChI=1S/C12H16N2O/c15-12-5-3-10(4-6-12)8-14-11-2-1-7-13-9-11/h1-2,7,9-10,14H,3-6,8H2. The Morgan fingerprint density at radius 1 is 1.40 bits per heavy atom. The van der Waals surface area contributed by atoms with Crippen LogP contribution in [-0.2, 0) is 4.79 Å². The van der Waals surface area contributed by atoms with Gasteiger partial charge in [-0.25, -0.2) is 0 Å². The van der Waals surface area contributed by atoms with Gasteiger partial charge in [-0.15, -0.1) is 0 Å². The van der Waals surface area contributed by atoms with E-state index in [0.29, 0.717) is 11.7 Å². The molecule has 0 atom stereocenters. The van der Waals surface area contributed by atoms with Gasteiger partial charge in [-0.1, -0.05) is 0 Å². The molecule has 0 unspecified atom stereocenters. The van der Waals surface area contributed by atoms with Crippen LogP contribution in [0.15, 0.2) is 24.5 Å². The third-order valence-electron chi connectivity index (χ3n) is 2.92. The minimum atomic E-state index is 0.424. The number of hydrogen-bond donors (Lipinski definition) is 1. The van der Waals surface area contributed by atoms with Crippen LogP contribution in [0, 0.1) is 5.92 Å². The quantitative estimate of drug-likeness (QED) is 0.821. The molecule has 1 fully saturated rings. The molecular weight excluding hydrogens is 188 g/mol. The number of carbonyl (C=O) groups excluding carboxylic acids is 1. The second kappa shape index (κ2) is 4.91. The predicted molar refractivity (Wildman–Crippen MR) is 59.7 cm³/mol. The zero-order valence-corrected chi connectivity index (χ0v) is 8.78. The van der Waals surface area contributed by atoms with Crippen LogP contribution in [0.1, 0.15) is 25.7 Å². The Labute approximate surface area is 89.9 Å². The molecule has 0 saturated heterocycles. The van der Waals surface area contributed by atoms with E-state index in [0.717, 1.165) is 37.9 Å². The van der Waals surface area contributed by atoms with E-state index in [1.165, 1.54) is 0 Å². The Hall–Kier alpha value is -1.38. The SMILES string of the molecule is O=C1CCC(CNc2cccnc2)CC1. The molecule has 0 radical (unpaired) electrons. The number of carbonyl (C=O) groups is 1. The highest BCUT2D eigenvalue weighted by atomic mass is 16.1. The maximum Gasteiger partial charge on any atom is 0.132 e. The van der Waals surface area contributed by atoms with Crippen molar-refractivity contribution in [3.05, 3.63) is 24.5 Å². The lowest BCUT2D eigenvalue weighted by atomic mass is 9.88. The largest absolute Gasteiger partial charge is 0.384 e. The number of aromatic nitrogens is 1. The van der Waals surface area contributed by atoms with Gasteiger partial charge in [-0.2, -0.15) is 0 Å². The molecule has 1 saturated carbocycles. The van der Waals surface area contributed by atoms with Crippen molar-refractivity contribution in [2.75, 3.05) is 11.9 Å². The summed E-state index contributed by atoms with van der Waals surface area (Å²) >= 11 is 0. The minimum absolute atomic E-state index is 0.424. The lowest BCUT2D eigenvalue weighted by molar-refractivity contribution is -0.120. The highest BCUT2D eigenvalue weighted by molar-refractivity contribution is 5.79. The highest BCUT2D eigenvalue weighted by Crippen LogP contribution is 2.21. The first kappa shape index (κ1) is 10.1. The fourth-order valence-electron chi connectivity index (χ4n) is 1.93. The van der Waals surface area contributed by atoms with Crippen molar-refractivity contribution in [1.29, 1.82) is 0 Å². The summed E-state index contributed by atoms with van der Waals surface area (Å²) in [5.41, 5.74) is 1.06. The monoisotopic (exact) mass is 204 g/mol. The van der Waals surface area contributed by atoms with Crippen LogP contribution in [0.4, 0.5) is 5.69 Å². The fraction of sp³-hybridized carbons (Fsp3) is 0.500. The number of ketones is 1. The molecule has 0 bridgehead atoms. The van der Waals surface area contributed by atoms with Gasteiger partial charge in [0.05, 0.1) is 5.69 Å². The lowest BCUT2D eigenvalue weighted by Crippen LogP contribution is -2.21. The summed E-state index contributed by atoms with van der Waals surface area (Å²) in [6.45, 7) is 0.957. The number of pyridine rings is 1. The van der Waals surface area contributed by atoms with Crippen molar-refractivity contribution < 1.29 is 4.79 Å². The topological polar surface area (TPSA) is 42.0 Å². The highest BCUT2D eigenvalue weighted by Gasteiger charge is 2.17. The second-order valence-electron chi connectivity index (χ2n) is 4.10. The van der Waals surface area contributed by atoms with Crippen LogP contribution in [0.25, 0.3) is 0 Å². The molecule has 3 nitrogen and oxygen atoms in total. The number of Topliss-reactive ketones (excluding diaryl/α,β-unsaturated/α-hetero) is 1. The molecule has 1 N–H and O–H groups in total. The molecule has 2 rings (SSSR count). The Kier molecular flexibility index (Phi) is 3.33. The van der Waals surface area contributed by atoms with Crippen LogP contribution < -0.4 is 5.32 Å². The van der Waals surface area contributed by atoms with Crippen molar-refractivity contribution in [3.63, 3.8) is 0 Å². The van der Waals surface area contributed by atoms with E-state index in [1.807, 2.05) is 18.3 Å². The van der Waals surface area contributed by atoms with Crippen LogP contribution in [0.5, 0.6) is 0 Å². The molecule has 1 aliphatic rings. The van der Waals surface area contributed by atoms with Crippen LogP contribution in [0.3, 0.4) is 0 Å². The van der Waals surface area contributed by atoms with Gasteiger partial charge in [-0.3, -0.25) is 9.78 Å². The van der Waals surface area contributed by atoms with Gasteiger partial charge in [0.25, 0.3) is 0 Å². The normalized spacial score (nSPS) is 17.7. The molecule has 1 aromatic heterocycles. The number of nitrogens with one attached hydrogen (secondary N) is 1. The summed E-state index contributed by atoms with van der Waals surface area (Å²) in [5, 5.41) is 3.36. The molecule has 0 spiro atoms. The number of nitrogens with zero attached hydrogens (tertiary/aromatic N) is 1. The lowest BCUT2D eigenvalue weighted by Gasteiger charge is -2.21. The molecule has 15 heavy (non-hydrogen) atoms. The molecular formula is C12H16N2O. The summed E-state index contributed by atoms with van der Waals surface area (Å²) in [5.74, 6) is 1.07. The van der Waals surface area contributed by atoms with Gasteiger partial charge in [0.15, 0.2) is 0 Å². The van der Waals surface area contributed by atoms with Gasteiger partial charge < -0.3 is 5.32 Å². The first-order valence-electron chi connectivity index (χ1n) is 5.50. The summed E-state index contributed by atoms with van der Waals surface area (Å²) < 4.78 is 0. The Morgan fingerprint density at radius 2 is 2.20 bits per heavy atom. The molecule has 1 aliphatic carbocycles. The van der Waals surface area contributed by atoms with E-state index in [-0.39, 0.29) is 0 Å². The van der Waals surface area contributed by atoms with Gasteiger partial charge in [0.1, 0.15) is 5.78 Å². The smallest absolute Gasteiger partial charge is 0.132 e. The Balaban J connectivity index is 1.77. The zero-order valence-electron chi connectivity index (χ0n) is 8.78. The number of hydrogen-bond acceptors (Lipinski definition) is 3. The maximum atomic E-state index is 11.1. The van der Waals surface area contributed by atoms with Crippen molar-refractivity contribution in [1.82, 2.24) is 4.98 Å². The minimum Gasteiger partial charge on any atom is -0.384 e. The summed E-state index contributed by atoms with van der Waals surface area (Å²) in [7, 11) is 0. The van der Waals surface area contributed by atoms with E-state index >= 15 is 0 Å². The number of rotatable bonds is 3. The Bertz CT molecular complexity index is 314. The average molecular weight is 204 g/mol. The Morgan fingerprint density at radius 3 is 2.87 bits per heavy atom. The van der Waals surface area contributed by atoms with E-state index in [1.54, 1.807) is 6.20 Å². The summed E-state index contributed by atoms with van der Waals surface area (Å²) in [6, 6.07) is 3.94. The summed E-state index contributed by atoms with van der Waals surface area (Å²) in [6.07, 6.45) is 7.19. The first-order valence-corrected chi connectivity index (χ1v) is 5.50. The zero-order chi connectivity index (χ0) is 10.5. The molecule has 0 amide bonds. The molecule has 3 heteroatoms. The molecule has 0 aromatic carbocycles.